The van der Waals surface area contributed by atoms with E-state index in [9.17, 15) is 8.42 Å². The van der Waals surface area contributed by atoms with Gasteiger partial charge in [0.05, 0.1) is 4.90 Å². The molecule has 0 radical (unpaired) electrons. The number of sulfonamides is 1. The van der Waals surface area contributed by atoms with Crippen LogP contribution in [-0.2, 0) is 10.0 Å². The third-order valence-electron chi connectivity index (χ3n) is 4.56. The minimum absolute atomic E-state index is 0.327. The maximum absolute atomic E-state index is 12.7. The van der Waals surface area contributed by atoms with E-state index in [1.165, 1.54) is 6.42 Å². The summed E-state index contributed by atoms with van der Waals surface area (Å²) in [5.41, 5.74) is 0. The molecule has 0 aromatic heterocycles. The number of piperidine rings is 1. The molecule has 1 aromatic carbocycles. The third-order valence-corrected chi connectivity index (χ3v) is 6.72. The van der Waals surface area contributed by atoms with E-state index in [0.717, 1.165) is 19.4 Å². The number of hydrogen-bond acceptors (Lipinski definition) is 3. The van der Waals surface area contributed by atoms with E-state index in [1.807, 2.05) is 0 Å². The van der Waals surface area contributed by atoms with Crippen LogP contribution in [0.25, 0.3) is 0 Å². The van der Waals surface area contributed by atoms with E-state index >= 15 is 0 Å². The summed E-state index contributed by atoms with van der Waals surface area (Å²) in [4.78, 5) is 2.71. The molecule has 0 spiro atoms. The lowest BCUT2D eigenvalue weighted by molar-refractivity contribution is 0.162. The summed E-state index contributed by atoms with van der Waals surface area (Å²) in [5.74, 6) is 0.697. The summed E-state index contributed by atoms with van der Waals surface area (Å²) in [6.45, 7) is 6.71. The molecule has 0 unspecified atom stereocenters. The Morgan fingerprint density at radius 1 is 1.22 bits per heavy atom. The Morgan fingerprint density at radius 3 is 2.30 bits per heavy atom. The Labute approximate surface area is 145 Å². The second-order valence-electron chi connectivity index (χ2n) is 6.75. The predicted octanol–water partition coefficient (Wildman–Crippen LogP) is 3.47. The maximum Gasteiger partial charge on any atom is 0.243 e. The zero-order valence-corrected chi connectivity index (χ0v) is 15.8. The van der Waals surface area contributed by atoms with Gasteiger partial charge in [-0.05, 0) is 63.0 Å². The molecule has 0 atom stereocenters. The van der Waals surface area contributed by atoms with Crippen molar-refractivity contribution in [2.75, 3.05) is 26.7 Å². The molecule has 1 fully saturated rings. The van der Waals surface area contributed by atoms with Crippen molar-refractivity contribution in [3.8, 4) is 0 Å². The Kier molecular flexibility index (Phi) is 6.48. The van der Waals surface area contributed by atoms with Gasteiger partial charge in [-0.3, -0.25) is 0 Å². The molecule has 0 bridgehead atoms. The molecule has 0 aliphatic carbocycles. The van der Waals surface area contributed by atoms with Crippen molar-refractivity contribution >= 4 is 21.6 Å². The van der Waals surface area contributed by atoms with Gasteiger partial charge in [0.15, 0.2) is 0 Å². The quantitative estimate of drug-likeness (QED) is 0.781. The molecule has 1 aliphatic rings. The van der Waals surface area contributed by atoms with E-state index in [2.05, 4.69) is 25.8 Å². The van der Waals surface area contributed by atoms with Crippen LogP contribution in [0.3, 0.4) is 0 Å². The average molecular weight is 359 g/mol. The van der Waals surface area contributed by atoms with Gasteiger partial charge in [0, 0.05) is 24.2 Å². The number of halogens is 1. The largest absolute Gasteiger partial charge is 0.303 e. The summed E-state index contributed by atoms with van der Waals surface area (Å²) in [6, 6.07) is 6.89. The van der Waals surface area contributed by atoms with Crippen LogP contribution < -0.4 is 0 Å². The van der Waals surface area contributed by atoms with Crippen molar-refractivity contribution < 1.29 is 8.42 Å². The lowest BCUT2D eigenvalue weighted by Gasteiger charge is -2.36. The first-order chi connectivity index (χ1) is 10.8. The van der Waals surface area contributed by atoms with Crippen molar-refractivity contribution in [3.63, 3.8) is 0 Å². The molecule has 23 heavy (non-hydrogen) atoms. The van der Waals surface area contributed by atoms with Crippen LogP contribution in [0.5, 0.6) is 0 Å². The molecule has 0 amide bonds. The minimum atomic E-state index is -3.40. The molecule has 2 rings (SSSR count). The highest BCUT2D eigenvalue weighted by atomic mass is 35.5. The smallest absolute Gasteiger partial charge is 0.243 e. The summed E-state index contributed by atoms with van der Waals surface area (Å²) < 4.78 is 26.9. The molecule has 0 saturated carbocycles. The van der Waals surface area contributed by atoms with Crippen LogP contribution >= 0.6 is 11.6 Å². The fraction of sp³-hybridized carbons (Fsp3) is 0.647. The topological polar surface area (TPSA) is 40.6 Å². The van der Waals surface area contributed by atoms with Gasteiger partial charge >= 0.3 is 0 Å². The Hall–Kier alpha value is -0.620. The van der Waals surface area contributed by atoms with E-state index < -0.39 is 10.0 Å². The first kappa shape index (κ1) is 18.7. The highest BCUT2D eigenvalue weighted by Crippen LogP contribution is 2.24. The van der Waals surface area contributed by atoms with Crippen LogP contribution in [0.15, 0.2) is 29.2 Å². The standard InChI is InChI=1S/C17H27ClN2O2S/c1-14(2)8-11-19(3)16-9-12-20(13-10-16)23(21,22)17-6-4-15(18)5-7-17/h4-7,14,16H,8-13H2,1-3H3. The normalized spacial score (nSPS) is 18.0. The van der Waals surface area contributed by atoms with Crippen molar-refractivity contribution in [1.29, 1.82) is 0 Å². The van der Waals surface area contributed by atoms with E-state index in [-0.39, 0.29) is 0 Å². The van der Waals surface area contributed by atoms with Crippen molar-refractivity contribution in [2.24, 2.45) is 5.92 Å². The molecule has 4 nitrogen and oxygen atoms in total. The summed E-state index contributed by atoms with van der Waals surface area (Å²) in [7, 11) is -1.25. The van der Waals surface area contributed by atoms with Crippen LogP contribution in [0, 0.1) is 5.92 Å². The van der Waals surface area contributed by atoms with Crippen molar-refractivity contribution in [1.82, 2.24) is 9.21 Å². The zero-order valence-electron chi connectivity index (χ0n) is 14.2. The third kappa shape index (κ3) is 4.92. The Morgan fingerprint density at radius 2 is 1.78 bits per heavy atom. The second kappa shape index (κ2) is 7.97. The first-order valence-electron chi connectivity index (χ1n) is 8.26. The number of benzene rings is 1. The molecule has 0 N–H and O–H groups in total. The Bertz CT molecular complexity index is 594. The fourth-order valence-corrected chi connectivity index (χ4v) is 4.52. The van der Waals surface area contributed by atoms with E-state index in [0.29, 0.717) is 35.0 Å². The molecule has 1 aromatic rings. The SMILES string of the molecule is CC(C)CCN(C)C1CCN(S(=O)(=O)c2ccc(Cl)cc2)CC1. The zero-order chi connectivity index (χ0) is 17.0. The molecule has 1 saturated heterocycles. The summed E-state index contributed by atoms with van der Waals surface area (Å²) in [5, 5.41) is 0.550. The van der Waals surface area contributed by atoms with Gasteiger partial charge in [-0.25, -0.2) is 8.42 Å². The highest BCUT2D eigenvalue weighted by Gasteiger charge is 2.30. The van der Waals surface area contributed by atoms with E-state index in [1.54, 1.807) is 28.6 Å². The molecular weight excluding hydrogens is 332 g/mol. The maximum atomic E-state index is 12.7. The lowest BCUT2D eigenvalue weighted by atomic mass is 10.0. The molecule has 1 aliphatic heterocycles. The monoisotopic (exact) mass is 358 g/mol. The van der Waals surface area contributed by atoms with Crippen LogP contribution in [0.1, 0.15) is 33.1 Å². The molecular formula is C17H27ClN2O2S. The molecule has 130 valence electrons. The van der Waals surface area contributed by atoms with Crippen LogP contribution in [0.4, 0.5) is 0 Å². The van der Waals surface area contributed by atoms with Gasteiger partial charge in [0.2, 0.25) is 10.0 Å². The predicted molar refractivity (Wildman–Crippen MR) is 95.3 cm³/mol. The molecule has 6 heteroatoms. The first-order valence-corrected chi connectivity index (χ1v) is 10.1. The molecule has 1 heterocycles. The van der Waals surface area contributed by atoms with Crippen molar-refractivity contribution in [3.05, 3.63) is 29.3 Å². The van der Waals surface area contributed by atoms with Gasteiger partial charge < -0.3 is 4.90 Å². The number of rotatable bonds is 6. The van der Waals surface area contributed by atoms with Gasteiger partial charge in [0.1, 0.15) is 0 Å². The fourth-order valence-electron chi connectivity index (χ4n) is 2.92. The van der Waals surface area contributed by atoms with E-state index in [4.69, 9.17) is 11.6 Å². The minimum Gasteiger partial charge on any atom is -0.303 e. The van der Waals surface area contributed by atoms with Gasteiger partial charge in [-0.1, -0.05) is 25.4 Å². The van der Waals surface area contributed by atoms with Gasteiger partial charge in [-0.15, -0.1) is 0 Å². The van der Waals surface area contributed by atoms with Gasteiger partial charge in [0.25, 0.3) is 0 Å². The Balaban J connectivity index is 1.94. The number of hydrogen-bond donors (Lipinski definition) is 0. The lowest BCUT2D eigenvalue weighted by Crippen LogP contribution is -2.45. The van der Waals surface area contributed by atoms with Crippen LogP contribution in [0.2, 0.25) is 5.02 Å². The second-order valence-corrected chi connectivity index (χ2v) is 9.13. The number of nitrogens with zero attached hydrogens (tertiary/aromatic N) is 2. The van der Waals surface area contributed by atoms with Gasteiger partial charge in [-0.2, -0.15) is 4.31 Å². The van der Waals surface area contributed by atoms with Crippen molar-refractivity contribution in [2.45, 2.75) is 44.0 Å². The summed E-state index contributed by atoms with van der Waals surface area (Å²) >= 11 is 5.84. The van der Waals surface area contributed by atoms with Crippen LogP contribution in [-0.4, -0.2) is 50.3 Å². The highest BCUT2D eigenvalue weighted by molar-refractivity contribution is 7.89. The average Bonchev–Trinajstić information content (AvgIpc) is 2.53. The summed E-state index contributed by atoms with van der Waals surface area (Å²) in [6.07, 6.45) is 2.96.